The average molecular weight is 367 g/mol. The maximum Gasteiger partial charge on any atom is 0.337 e. The van der Waals surface area contributed by atoms with Crippen molar-refractivity contribution in [3.8, 4) is 17.0 Å². The van der Waals surface area contributed by atoms with E-state index in [0.29, 0.717) is 17.0 Å². The number of aromatic nitrogens is 1. The Morgan fingerprint density at radius 2 is 1.93 bits per heavy atom. The molecular formula is C22H22FNO3. The minimum Gasteiger partial charge on any atom is -0.507 e. The second-order valence-corrected chi connectivity index (χ2v) is 7.16. The lowest BCUT2D eigenvalue weighted by Crippen LogP contribution is -2.05. The first-order valence-electron chi connectivity index (χ1n) is 9.31. The molecule has 0 aliphatic heterocycles. The quantitative estimate of drug-likeness (QED) is 0.600. The number of carbonyl (C=O) groups is 1. The molecule has 4 nitrogen and oxygen atoms in total. The van der Waals surface area contributed by atoms with Crippen molar-refractivity contribution >= 4 is 16.9 Å². The average Bonchev–Trinajstić information content (AvgIpc) is 3.06. The summed E-state index contributed by atoms with van der Waals surface area (Å²) in [5.41, 5.74) is 3.81. The van der Waals surface area contributed by atoms with Crippen LogP contribution in [0.2, 0.25) is 0 Å². The van der Waals surface area contributed by atoms with E-state index >= 15 is 0 Å². The highest BCUT2D eigenvalue weighted by Crippen LogP contribution is 2.44. The lowest BCUT2D eigenvalue weighted by Gasteiger charge is -2.23. The van der Waals surface area contributed by atoms with Gasteiger partial charge in [-0.05, 0) is 48.6 Å². The fraction of sp³-hybridized carbons (Fsp3) is 0.318. The molecule has 1 aliphatic rings. The molecule has 0 radical (unpaired) electrons. The van der Waals surface area contributed by atoms with Crippen LogP contribution in [0.1, 0.15) is 53.9 Å². The third-order valence-corrected chi connectivity index (χ3v) is 5.50. The summed E-state index contributed by atoms with van der Waals surface area (Å²) in [4.78, 5) is 15.3. The molecule has 1 aliphatic carbocycles. The molecule has 3 aromatic rings. The zero-order valence-electron chi connectivity index (χ0n) is 15.2. The fourth-order valence-electron chi connectivity index (χ4n) is 4.21. The first kappa shape index (κ1) is 17.6. The lowest BCUT2D eigenvalue weighted by molar-refractivity contribution is 0.0601. The molecule has 5 heteroatoms. The molecule has 0 saturated heterocycles. The second kappa shape index (κ2) is 7.06. The van der Waals surface area contributed by atoms with Crippen LogP contribution in [0, 0.1) is 5.82 Å². The summed E-state index contributed by atoms with van der Waals surface area (Å²) in [6.07, 6.45) is 5.75. The van der Waals surface area contributed by atoms with E-state index in [1.807, 2.05) is 6.07 Å². The van der Waals surface area contributed by atoms with E-state index in [1.54, 1.807) is 18.2 Å². The molecule has 0 spiro atoms. The van der Waals surface area contributed by atoms with E-state index in [-0.39, 0.29) is 5.75 Å². The number of methoxy groups -OCH3 is 1. The maximum absolute atomic E-state index is 13.5. The van der Waals surface area contributed by atoms with Gasteiger partial charge in [-0.15, -0.1) is 0 Å². The number of phenols is 1. The van der Waals surface area contributed by atoms with Gasteiger partial charge in [-0.1, -0.05) is 25.3 Å². The number of hydrogen-bond acceptors (Lipinski definition) is 3. The van der Waals surface area contributed by atoms with Gasteiger partial charge in [0.2, 0.25) is 0 Å². The van der Waals surface area contributed by atoms with E-state index in [4.69, 9.17) is 4.74 Å². The smallest absolute Gasteiger partial charge is 0.337 e. The zero-order chi connectivity index (χ0) is 19.0. The van der Waals surface area contributed by atoms with Crippen molar-refractivity contribution in [3.63, 3.8) is 0 Å². The van der Waals surface area contributed by atoms with E-state index in [2.05, 4.69) is 4.98 Å². The molecule has 4 rings (SSSR count). The Morgan fingerprint density at radius 3 is 2.63 bits per heavy atom. The van der Waals surface area contributed by atoms with Crippen LogP contribution < -0.4 is 0 Å². The highest BCUT2D eigenvalue weighted by atomic mass is 19.1. The summed E-state index contributed by atoms with van der Waals surface area (Å²) >= 11 is 0. The van der Waals surface area contributed by atoms with Crippen molar-refractivity contribution in [1.82, 2.24) is 4.98 Å². The third-order valence-electron chi connectivity index (χ3n) is 5.50. The molecule has 2 N–H and O–H groups in total. The molecule has 0 atom stereocenters. The Balaban J connectivity index is 1.93. The molecule has 0 bridgehead atoms. The van der Waals surface area contributed by atoms with Crippen LogP contribution >= 0.6 is 0 Å². The standard InChI is InChI=1S/C22H22FNO3/c1-27-22(26)14-7-9-16-18(11-14)24-21(17-10-8-15(23)12-19(17)25)20(16)13-5-3-2-4-6-13/h7-13,24-25H,2-6H2,1H3. The summed E-state index contributed by atoms with van der Waals surface area (Å²) in [6, 6.07) is 9.56. The number of fused-ring (bicyclic) bond motifs is 1. The van der Waals surface area contributed by atoms with Gasteiger partial charge in [-0.25, -0.2) is 9.18 Å². The van der Waals surface area contributed by atoms with Gasteiger partial charge in [0, 0.05) is 22.5 Å². The maximum atomic E-state index is 13.5. The van der Waals surface area contributed by atoms with Crippen molar-refractivity contribution in [2.45, 2.75) is 38.0 Å². The first-order chi connectivity index (χ1) is 13.1. The molecule has 1 heterocycles. The number of carbonyl (C=O) groups excluding carboxylic acids is 1. The molecule has 27 heavy (non-hydrogen) atoms. The van der Waals surface area contributed by atoms with Gasteiger partial charge in [0.05, 0.1) is 18.4 Å². The van der Waals surface area contributed by atoms with Crippen LogP contribution in [-0.2, 0) is 4.74 Å². The fourth-order valence-corrected chi connectivity index (χ4v) is 4.21. The van der Waals surface area contributed by atoms with E-state index in [9.17, 15) is 14.3 Å². The van der Waals surface area contributed by atoms with Gasteiger partial charge in [0.1, 0.15) is 11.6 Å². The number of rotatable bonds is 3. The Labute approximate surface area is 157 Å². The second-order valence-electron chi connectivity index (χ2n) is 7.16. The van der Waals surface area contributed by atoms with Crippen molar-refractivity contribution in [3.05, 3.63) is 53.3 Å². The van der Waals surface area contributed by atoms with E-state index in [0.717, 1.165) is 41.1 Å². The van der Waals surface area contributed by atoms with Gasteiger partial charge in [0.25, 0.3) is 0 Å². The molecular weight excluding hydrogens is 345 g/mol. The minimum atomic E-state index is -0.473. The summed E-state index contributed by atoms with van der Waals surface area (Å²) in [5, 5.41) is 11.4. The normalized spacial score (nSPS) is 15.2. The largest absolute Gasteiger partial charge is 0.507 e. The van der Waals surface area contributed by atoms with Gasteiger partial charge in [0.15, 0.2) is 0 Å². The molecule has 140 valence electrons. The molecule has 1 aromatic heterocycles. The summed E-state index contributed by atoms with van der Waals surface area (Å²) in [6.45, 7) is 0. The topological polar surface area (TPSA) is 62.3 Å². The monoisotopic (exact) mass is 367 g/mol. The predicted octanol–water partition coefficient (Wildman–Crippen LogP) is 5.51. The molecule has 1 saturated carbocycles. The SMILES string of the molecule is COC(=O)c1ccc2c(C3CCCCC3)c(-c3ccc(F)cc3O)[nH]c2c1. The van der Waals surface area contributed by atoms with Crippen LogP contribution in [0.3, 0.4) is 0 Å². The third kappa shape index (κ3) is 3.18. The Hall–Kier alpha value is -2.82. The number of ether oxygens (including phenoxy) is 1. The first-order valence-corrected chi connectivity index (χ1v) is 9.31. The van der Waals surface area contributed by atoms with Crippen LogP contribution in [0.4, 0.5) is 4.39 Å². The summed E-state index contributed by atoms with van der Waals surface area (Å²) in [7, 11) is 1.36. The number of benzene rings is 2. The number of nitrogens with one attached hydrogen (secondary N) is 1. The van der Waals surface area contributed by atoms with E-state index in [1.165, 1.54) is 32.4 Å². The molecule has 0 unspecified atom stereocenters. The van der Waals surface area contributed by atoms with Crippen molar-refractivity contribution in [2.75, 3.05) is 7.11 Å². The lowest BCUT2D eigenvalue weighted by atomic mass is 9.81. The van der Waals surface area contributed by atoms with Gasteiger partial charge >= 0.3 is 5.97 Å². The molecule has 1 fully saturated rings. The van der Waals surface area contributed by atoms with Gasteiger partial charge < -0.3 is 14.8 Å². The molecule has 2 aromatic carbocycles. The number of H-pyrrole nitrogens is 1. The summed E-state index contributed by atoms with van der Waals surface area (Å²) in [5.74, 6) is -0.584. The molecule has 0 amide bonds. The Kier molecular flexibility index (Phi) is 4.60. The van der Waals surface area contributed by atoms with Crippen molar-refractivity contribution < 1.29 is 19.0 Å². The number of halogens is 1. The number of hydrogen-bond donors (Lipinski definition) is 2. The summed E-state index contributed by atoms with van der Waals surface area (Å²) < 4.78 is 18.3. The van der Waals surface area contributed by atoms with Crippen molar-refractivity contribution in [1.29, 1.82) is 0 Å². The number of phenolic OH excluding ortho intramolecular Hbond substituents is 1. The van der Waals surface area contributed by atoms with Crippen molar-refractivity contribution in [2.24, 2.45) is 0 Å². The van der Waals surface area contributed by atoms with Crippen LogP contribution in [0.25, 0.3) is 22.2 Å². The highest BCUT2D eigenvalue weighted by molar-refractivity contribution is 5.98. The zero-order valence-corrected chi connectivity index (χ0v) is 15.2. The number of aromatic amines is 1. The van der Waals surface area contributed by atoms with Crippen LogP contribution in [-0.4, -0.2) is 23.2 Å². The minimum absolute atomic E-state index is 0.0909. The number of aromatic hydroxyl groups is 1. The predicted molar refractivity (Wildman–Crippen MR) is 103 cm³/mol. The van der Waals surface area contributed by atoms with Gasteiger partial charge in [-0.2, -0.15) is 0 Å². The van der Waals surface area contributed by atoms with Crippen LogP contribution in [0.5, 0.6) is 5.75 Å². The van der Waals surface area contributed by atoms with E-state index < -0.39 is 11.8 Å². The van der Waals surface area contributed by atoms with Gasteiger partial charge in [-0.3, -0.25) is 0 Å². The van der Waals surface area contributed by atoms with Crippen LogP contribution in [0.15, 0.2) is 36.4 Å². The Morgan fingerprint density at radius 1 is 1.15 bits per heavy atom. The highest BCUT2D eigenvalue weighted by Gasteiger charge is 2.25. The Bertz CT molecular complexity index is 1000. The number of esters is 1.